The molecule has 0 unspecified atom stereocenters. The molecular weight excluding hydrogens is 280 g/mol. The third-order valence-electron chi connectivity index (χ3n) is 5.02. The normalized spacial score (nSPS) is 20.2. The Morgan fingerprint density at radius 2 is 1.95 bits per heavy atom. The van der Waals surface area contributed by atoms with Crippen LogP contribution >= 0.6 is 0 Å². The second-order valence-electron chi connectivity index (χ2n) is 6.22. The SMILES string of the molecule is N#Cc1cccc(C(=O)N2CCC(C3(C(=O)O)CC3)CC2)c1. The second-order valence-corrected chi connectivity index (χ2v) is 6.22. The van der Waals surface area contributed by atoms with E-state index in [9.17, 15) is 14.7 Å². The van der Waals surface area contributed by atoms with E-state index in [1.165, 1.54) is 0 Å². The van der Waals surface area contributed by atoms with Crippen molar-refractivity contribution >= 4 is 11.9 Å². The maximum atomic E-state index is 12.5. The summed E-state index contributed by atoms with van der Waals surface area (Å²) in [5.74, 6) is -0.575. The van der Waals surface area contributed by atoms with Crippen molar-refractivity contribution in [2.45, 2.75) is 25.7 Å². The molecule has 0 aromatic heterocycles. The minimum Gasteiger partial charge on any atom is -0.481 e. The fourth-order valence-electron chi connectivity index (χ4n) is 3.47. The summed E-state index contributed by atoms with van der Waals surface area (Å²) in [5, 5.41) is 18.3. The number of carbonyl (C=O) groups excluding carboxylic acids is 1. The summed E-state index contributed by atoms with van der Waals surface area (Å²) in [4.78, 5) is 25.6. The van der Waals surface area contributed by atoms with Crippen LogP contribution in [0, 0.1) is 22.7 Å². The number of aliphatic carboxylic acids is 1. The molecule has 0 bridgehead atoms. The van der Waals surface area contributed by atoms with Crippen LogP contribution in [0.3, 0.4) is 0 Å². The topological polar surface area (TPSA) is 81.4 Å². The van der Waals surface area contributed by atoms with E-state index in [2.05, 4.69) is 0 Å². The van der Waals surface area contributed by atoms with Gasteiger partial charge in [0.25, 0.3) is 5.91 Å². The van der Waals surface area contributed by atoms with Crippen molar-refractivity contribution in [3.63, 3.8) is 0 Å². The van der Waals surface area contributed by atoms with Crippen LogP contribution in [0.25, 0.3) is 0 Å². The fraction of sp³-hybridized carbons (Fsp3) is 0.471. The summed E-state index contributed by atoms with van der Waals surface area (Å²) in [6.07, 6.45) is 3.03. The standard InChI is InChI=1S/C17H18N2O3/c18-11-12-2-1-3-13(10-12)15(20)19-8-4-14(5-9-19)17(6-7-17)16(21)22/h1-3,10,14H,4-9H2,(H,21,22). The molecule has 1 aliphatic heterocycles. The Morgan fingerprint density at radius 1 is 1.27 bits per heavy atom. The predicted octanol–water partition coefficient (Wildman–Crippen LogP) is 2.28. The molecule has 1 N–H and O–H groups in total. The van der Waals surface area contributed by atoms with Gasteiger partial charge in [0.1, 0.15) is 0 Å². The molecule has 1 aromatic carbocycles. The van der Waals surface area contributed by atoms with Gasteiger partial charge in [-0.2, -0.15) is 5.26 Å². The predicted molar refractivity (Wildman–Crippen MR) is 79.1 cm³/mol. The molecule has 1 aromatic rings. The molecule has 1 aliphatic carbocycles. The summed E-state index contributed by atoms with van der Waals surface area (Å²) in [5.41, 5.74) is 0.482. The van der Waals surface area contributed by atoms with Gasteiger partial charge in [0.15, 0.2) is 0 Å². The fourth-order valence-corrected chi connectivity index (χ4v) is 3.47. The minimum atomic E-state index is -0.681. The van der Waals surface area contributed by atoms with Crippen molar-refractivity contribution in [1.29, 1.82) is 5.26 Å². The van der Waals surface area contributed by atoms with E-state index in [1.54, 1.807) is 29.2 Å². The lowest BCUT2D eigenvalue weighted by molar-refractivity contribution is -0.146. The minimum absolute atomic E-state index is 0.0734. The smallest absolute Gasteiger partial charge is 0.309 e. The van der Waals surface area contributed by atoms with E-state index >= 15 is 0 Å². The number of amides is 1. The molecule has 0 spiro atoms. The van der Waals surface area contributed by atoms with Crippen LogP contribution in [0.2, 0.25) is 0 Å². The van der Waals surface area contributed by atoms with Crippen LogP contribution in [-0.4, -0.2) is 35.0 Å². The Morgan fingerprint density at radius 3 is 2.50 bits per heavy atom. The molecule has 1 heterocycles. The third-order valence-corrected chi connectivity index (χ3v) is 5.02. The van der Waals surface area contributed by atoms with Gasteiger partial charge in [0.05, 0.1) is 17.0 Å². The van der Waals surface area contributed by atoms with Gasteiger partial charge >= 0.3 is 5.97 Å². The number of likely N-dealkylation sites (tertiary alicyclic amines) is 1. The number of nitriles is 1. The Kier molecular flexibility index (Phi) is 3.61. The number of carbonyl (C=O) groups is 2. The molecule has 3 rings (SSSR count). The molecule has 0 atom stereocenters. The molecule has 1 saturated carbocycles. The first-order valence-corrected chi connectivity index (χ1v) is 7.60. The van der Waals surface area contributed by atoms with E-state index in [0.717, 1.165) is 25.7 Å². The number of benzene rings is 1. The van der Waals surface area contributed by atoms with Crippen LogP contribution in [0.1, 0.15) is 41.6 Å². The number of carboxylic acid groups (broad SMARTS) is 1. The average Bonchev–Trinajstić information content (AvgIpc) is 3.36. The number of hydrogen-bond acceptors (Lipinski definition) is 3. The zero-order valence-electron chi connectivity index (χ0n) is 12.3. The maximum absolute atomic E-state index is 12.5. The van der Waals surface area contributed by atoms with E-state index < -0.39 is 11.4 Å². The number of rotatable bonds is 3. The lowest BCUT2D eigenvalue weighted by Gasteiger charge is -2.35. The Labute approximate surface area is 129 Å². The largest absolute Gasteiger partial charge is 0.481 e. The van der Waals surface area contributed by atoms with Crippen molar-refractivity contribution < 1.29 is 14.7 Å². The van der Waals surface area contributed by atoms with Gasteiger partial charge in [-0.25, -0.2) is 0 Å². The van der Waals surface area contributed by atoms with Gasteiger partial charge in [-0.1, -0.05) is 6.07 Å². The maximum Gasteiger partial charge on any atom is 0.309 e. The Bertz CT molecular complexity index is 650. The molecule has 1 amide bonds. The van der Waals surface area contributed by atoms with Crippen LogP contribution in [-0.2, 0) is 4.79 Å². The van der Waals surface area contributed by atoms with Crippen LogP contribution in [0.15, 0.2) is 24.3 Å². The first-order valence-electron chi connectivity index (χ1n) is 7.60. The van der Waals surface area contributed by atoms with Gasteiger partial charge < -0.3 is 10.0 Å². The molecule has 2 fully saturated rings. The Balaban J connectivity index is 1.65. The van der Waals surface area contributed by atoms with Crippen molar-refractivity contribution in [2.75, 3.05) is 13.1 Å². The summed E-state index contributed by atoms with van der Waals surface area (Å²) in [6.45, 7) is 1.19. The van der Waals surface area contributed by atoms with Crippen molar-refractivity contribution in [3.05, 3.63) is 35.4 Å². The summed E-state index contributed by atoms with van der Waals surface area (Å²) in [6, 6.07) is 8.74. The van der Waals surface area contributed by atoms with Crippen LogP contribution in [0.4, 0.5) is 0 Å². The quantitative estimate of drug-likeness (QED) is 0.928. The first-order chi connectivity index (χ1) is 10.6. The zero-order chi connectivity index (χ0) is 15.7. The highest BCUT2D eigenvalue weighted by Crippen LogP contribution is 2.55. The lowest BCUT2D eigenvalue weighted by Crippen LogP contribution is -2.42. The van der Waals surface area contributed by atoms with Gasteiger partial charge in [-0.3, -0.25) is 9.59 Å². The van der Waals surface area contributed by atoms with Crippen LogP contribution in [0.5, 0.6) is 0 Å². The molecule has 114 valence electrons. The highest BCUT2D eigenvalue weighted by Gasteiger charge is 2.56. The highest BCUT2D eigenvalue weighted by atomic mass is 16.4. The summed E-state index contributed by atoms with van der Waals surface area (Å²) in [7, 11) is 0. The van der Waals surface area contributed by atoms with Crippen molar-refractivity contribution in [1.82, 2.24) is 4.90 Å². The monoisotopic (exact) mass is 298 g/mol. The van der Waals surface area contributed by atoms with Gasteiger partial charge in [0.2, 0.25) is 0 Å². The van der Waals surface area contributed by atoms with E-state index in [-0.39, 0.29) is 11.8 Å². The molecule has 5 heteroatoms. The number of nitrogens with zero attached hydrogens (tertiary/aromatic N) is 2. The van der Waals surface area contributed by atoms with E-state index in [0.29, 0.717) is 24.2 Å². The van der Waals surface area contributed by atoms with E-state index in [1.807, 2.05) is 6.07 Å². The second kappa shape index (κ2) is 5.45. The third kappa shape index (κ3) is 2.45. The number of piperidine rings is 1. The molecule has 22 heavy (non-hydrogen) atoms. The average molecular weight is 298 g/mol. The van der Waals surface area contributed by atoms with E-state index in [4.69, 9.17) is 5.26 Å². The molecule has 1 saturated heterocycles. The highest BCUT2D eigenvalue weighted by molar-refractivity contribution is 5.94. The van der Waals surface area contributed by atoms with Gasteiger partial charge in [-0.05, 0) is 49.8 Å². The van der Waals surface area contributed by atoms with Gasteiger partial charge in [0, 0.05) is 18.7 Å². The molecule has 0 radical (unpaired) electrons. The van der Waals surface area contributed by atoms with Crippen molar-refractivity contribution in [2.24, 2.45) is 11.3 Å². The van der Waals surface area contributed by atoms with Crippen molar-refractivity contribution in [3.8, 4) is 6.07 Å². The number of carboxylic acids is 1. The molecule has 2 aliphatic rings. The molecular formula is C17H18N2O3. The summed E-state index contributed by atoms with van der Waals surface area (Å²) < 4.78 is 0. The van der Waals surface area contributed by atoms with Crippen LogP contribution < -0.4 is 0 Å². The lowest BCUT2D eigenvalue weighted by atomic mass is 9.81. The number of hydrogen-bond donors (Lipinski definition) is 1. The first kappa shape index (κ1) is 14.6. The Hall–Kier alpha value is -2.35. The molecule has 5 nitrogen and oxygen atoms in total. The van der Waals surface area contributed by atoms with Gasteiger partial charge in [-0.15, -0.1) is 0 Å². The zero-order valence-corrected chi connectivity index (χ0v) is 12.3. The summed E-state index contributed by atoms with van der Waals surface area (Å²) >= 11 is 0.